The van der Waals surface area contributed by atoms with Crippen molar-refractivity contribution in [1.29, 1.82) is 0 Å². The van der Waals surface area contributed by atoms with Crippen LogP contribution in [0, 0.1) is 18.6 Å². The van der Waals surface area contributed by atoms with Gasteiger partial charge in [-0.1, -0.05) is 36.4 Å². The fraction of sp³-hybridized carbons (Fsp3) is 0.250. The van der Waals surface area contributed by atoms with E-state index in [0.29, 0.717) is 22.6 Å². The van der Waals surface area contributed by atoms with E-state index in [1.165, 1.54) is 6.07 Å². The van der Waals surface area contributed by atoms with Crippen molar-refractivity contribution in [1.82, 2.24) is 15.3 Å². The van der Waals surface area contributed by atoms with Crippen LogP contribution in [0.4, 0.5) is 20.4 Å². The molecule has 37 heavy (non-hydrogen) atoms. The number of hydrogen-bond acceptors (Lipinski definition) is 5. The number of hydrogen-bond donors (Lipinski definition) is 3. The first-order valence-corrected chi connectivity index (χ1v) is 14.1. The monoisotopic (exact) mass is 521 g/mol. The second-order valence-corrected chi connectivity index (χ2v) is 11.6. The van der Waals surface area contributed by atoms with E-state index in [1.807, 2.05) is 30.3 Å². The zero-order chi connectivity index (χ0) is 26.0. The Hall–Kier alpha value is -3.56. The van der Waals surface area contributed by atoms with Crippen LogP contribution in [0.5, 0.6) is 0 Å². The van der Waals surface area contributed by atoms with Gasteiger partial charge in [0.25, 0.3) is 0 Å². The topological polar surface area (TPSA) is 78.9 Å². The van der Waals surface area contributed by atoms with Crippen molar-refractivity contribution in [2.24, 2.45) is 0 Å². The Bertz CT molecular complexity index is 1540. The molecule has 5 rings (SSSR count). The number of aromatic nitrogens is 2. The number of nitrogens with zero attached hydrogens (tertiary/aromatic N) is 2. The third-order valence-corrected chi connectivity index (χ3v) is 7.83. The maximum absolute atomic E-state index is 15.4. The van der Waals surface area contributed by atoms with Crippen molar-refractivity contribution in [2.75, 3.05) is 23.1 Å². The highest BCUT2D eigenvalue weighted by Crippen LogP contribution is 2.34. The molecule has 1 aliphatic rings. The third kappa shape index (κ3) is 5.73. The van der Waals surface area contributed by atoms with Gasteiger partial charge in [0.15, 0.2) is 11.6 Å². The molecule has 9 heteroatoms. The van der Waals surface area contributed by atoms with Crippen LogP contribution in [-0.4, -0.2) is 39.2 Å². The molecular weight excluding hydrogens is 492 g/mol. The number of aryl methyl sites for hydroxylation is 1. The van der Waals surface area contributed by atoms with E-state index in [-0.39, 0.29) is 23.0 Å². The minimum absolute atomic E-state index is 0.0917. The first-order valence-electron chi connectivity index (χ1n) is 12.2. The SMILES string of the molecule is C=S(=O)(Cc1ccccc1)Nc1cc(C)c(-c2ccc3nc(N[C@H]4CCCNC4)ncc3c2)c(F)c1F. The van der Waals surface area contributed by atoms with Gasteiger partial charge in [-0.05, 0) is 67.1 Å². The molecule has 0 saturated carbocycles. The van der Waals surface area contributed by atoms with Gasteiger partial charge in [0.05, 0.1) is 17.0 Å². The molecule has 1 fully saturated rings. The summed E-state index contributed by atoms with van der Waals surface area (Å²) in [4.78, 5) is 9.01. The van der Waals surface area contributed by atoms with Crippen molar-refractivity contribution in [3.8, 4) is 11.1 Å². The quantitative estimate of drug-likeness (QED) is 0.288. The minimum Gasteiger partial charge on any atom is -0.350 e. The van der Waals surface area contributed by atoms with E-state index in [0.717, 1.165) is 36.9 Å². The average Bonchev–Trinajstić information content (AvgIpc) is 2.88. The standard InChI is InChI=1S/C28H29F2N5OS/c1-18-13-24(35-37(2,36)17-19-7-4-3-5-8-19)26(29)27(30)25(18)20-10-11-23-21(14-20)15-32-28(34-23)33-22-9-6-12-31-16-22/h3-5,7-8,10-11,13-15,22,31H,2,6,9,12,16-17H2,1H3,(H,35,36)(H,32,33,34)/t22-,37?/m0/s1. The summed E-state index contributed by atoms with van der Waals surface area (Å²) in [5.41, 5.74) is 2.47. The Kier molecular flexibility index (Phi) is 7.08. The molecule has 4 aromatic rings. The molecule has 3 N–H and O–H groups in total. The molecule has 192 valence electrons. The van der Waals surface area contributed by atoms with Gasteiger partial charge < -0.3 is 15.4 Å². The maximum Gasteiger partial charge on any atom is 0.223 e. The molecule has 6 nitrogen and oxygen atoms in total. The smallest absolute Gasteiger partial charge is 0.223 e. The molecule has 2 atom stereocenters. The zero-order valence-corrected chi connectivity index (χ0v) is 21.4. The summed E-state index contributed by atoms with van der Waals surface area (Å²) < 4.78 is 46.2. The van der Waals surface area contributed by atoms with Crippen LogP contribution < -0.4 is 15.4 Å². The lowest BCUT2D eigenvalue weighted by Gasteiger charge is -2.23. The van der Waals surface area contributed by atoms with Gasteiger partial charge in [-0.3, -0.25) is 0 Å². The van der Waals surface area contributed by atoms with Crippen LogP contribution in [0.25, 0.3) is 22.0 Å². The Morgan fingerprint density at radius 3 is 2.70 bits per heavy atom. The first kappa shape index (κ1) is 25.1. The Morgan fingerprint density at radius 1 is 1.14 bits per heavy atom. The second kappa shape index (κ2) is 10.4. The lowest BCUT2D eigenvalue weighted by Crippen LogP contribution is -2.38. The van der Waals surface area contributed by atoms with E-state index < -0.39 is 21.3 Å². The normalized spacial score (nSPS) is 17.3. The molecule has 3 aromatic carbocycles. The lowest BCUT2D eigenvalue weighted by atomic mass is 9.97. The molecule has 1 saturated heterocycles. The lowest BCUT2D eigenvalue weighted by molar-refractivity contribution is 0.478. The molecule has 1 aromatic heterocycles. The van der Waals surface area contributed by atoms with Crippen molar-refractivity contribution >= 4 is 38.1 Å². The van der Waals surface area contributed by atoms with Gasteiger partial charge in [0.2, 0.25) is 5.95 Å². The van der Waals surface area contributed by atoms with Gasteiger partial charge in [-0.15, -0.1) is 0 Å². The number of halogens is 2. The third-order valence-electron chi connectivity index (χ3n) is 6.44. The van der Waals surface area contributed by atoms with E-state index in [4.69, 9.17) is 0 Å². The summed E-state index contributed by atoms with van der Waals surface area (Å²) in [6.45, 7) is 3.58. The highest BCUT2D eigenvalue weighted by Gasteiger charge is 2.20. The number of anilines is 2. The molecule has 2 heterocycles. The van der Waals surface area contributed by atoms with Crippen LogP contribution in [-0.2, 0) is 15.5 Å². The van der Waals surface area contributed by atoms with E-state index in [2.05, 4.69) is 31.2 Å². The second-order valence-electron chi connectivity index (χ2n) is 9.44. The van der Waals surface area contributed by atoms with Gasteiger partial charge in [-0.2, -0.15) is 0 Å². The molecule has 1 unspecified atom stereocenters. The molecule has 0 radical (unpaired) electrons. The number of benzene rings is 3. The zero-order valence-electron chi connectivity index (χ0n) is 20.6. The summed E-state index contributed by atoms with van der Waals surface area (Å²) >= 11 is 0. The van der Waals surface area contributed by atoms with Crippen molar-refractivity contribution < 1.29 is 13.0 Å². The molecule has 0 aliphatic carbocycles. The molecule has 0 spiro atoms. The minimum atomic E-state index is -2.95. The molecule has 0 bridgehead atoms. The maximum atomic E-state index is 15.4. The fourth-order valence-electron chi connectivity index (χ4n) is 4.68. The van der Waals surface area contributed by atoms with E-state index in [9.17, 15) is 4.21 Å². The summed E-state index contributed by atoms with van der Waals surface area (Å²) in [5.74, 6) is 2.25. The van der Waals surface area contributed by atoms with Crippen LogP contribution >= 0.6 is 0 Å². The summed E-state index contributed by atoms with van der Waals surface area (Å²) in [6, 6.07) is 16.1. The van der Waals surface area contributed by atoms with Gasteiger partial charge >= 0.3 is 0 Å². The fourth-order valence-corrected chi connectivity index (χ4v) is 6.03. The summed E-state index contributed by atoms with van der Waals surface area (Å²) in [6.07, 6.45) is 3.84. The molecule has 0 amide bonds. The Labute approximate surface area is 215 Å². The highest BCUT2D eigenvalue weighted by molar-refractivity contribution is 8.00. The van der Waals surface area contributed by atoms with Crippen LogP contribution in [0.15, 0.2) is 60.8 Å². The number of fused-ring (bicyclic) bond motifs is 1. The van der Waals surface area contributed by atoms with E-state index in [1.54, 1.807) is 31.3 Å². The van der Waals surface area contributed by atoms with Crippen molar-refractivity contribution in [2.45, 2.75) is 31.6 Å². The Balaban J connectivity index is 1.40. The summed E-state index contributed by atoms with van der Waals surface area (Å²) in [7, 11) is -2.95. The van der Waals surface area contributed by atoms with Gasteiger partial charge in [0, 0.05) is 39.4 Å². The molecule has 1 aliphatic heterocycles. The van der Waals surface area contributed by atoms with Crippen molar-refractivity contribution in [3.05, 3.63) is 83.6 Å². The highest BCUT2D eigenvalue weighted by atomic mass is 32.2. The first-order chi connectivity index (χ1) is 17.8. The van der Waals surface area contributed by atoms with Crippen LogP contribution in [0.1, 0.15) is 24.0 Å². The predicted molar refractivity (Wildman–Crippen MR) is 148 cm³/mol. The predicted octanol–water partition coefficient (Wildman–Crippen LogP) is 5.29. The van der Waals surface area contributed by atoms with E-state index >= 15 is 8.78 Å². The number of rotatable bonds is 7. The van der Waals surface area contributed by atoms with Crippen LogP contribution in [0.3, 0.4) is 0 Å². The largest absolute Gasteiger partial charge is 0.350 e. The number of piperidine rings is 1. The Morgan fingerprint density at radius 2 is 1.95 bits per heavy atom. The van der Waals surface area contributed by atoms with Crippen molar-refractivity contribution in [3.63, 3.8) is 0 Å². The number of nitrogens with one attached hydrogen (secondary N) is 3. The summed E-state index contributed by atoms with van der Waals surface area (Å²) in [5, 5.41) is 7.42. The van der Waals surface area contributed by atoms with Gasteiger partial charge in [0.1, 0.15) is 0 Å². The molecular formula is C28H29F2N5OS. The average molecular weight is 522 g/mol. The van der Waals surface area contributed by atoms with Crippen LogP contribution in [0.2, 0.25) is 0 Å². The van der Waals surface area contributed by atoms with Gasteiger partial charge in [-0.25, -0.2) is 23.0 Å².